The van der Waals surface area contributed by atoms with Crippen LogP contribution in [0.25, 0.3) is 17.1 Å². The smallest absolute Gasteiger partial charge is 0.237 e. The summed E-state index contributed by atoms with van der Waals surface area (Å²) in [6.07, 6.45) is -2.41. The summed E-state index contributed by atoms with van der Waals surface area (Å²) in [5.41, 5.74) is -0.430. The van der Waals surface area contributed by atoms with E-state index in [4.69, 9.17) is 0 Å². The standard InChI is InChI=1S/C16H12F3N3O2S/c1-25(23,24)12-7-8-20-15(9-12)22-13(11-5-3-2-4-6-11)10-14(21-22)16(17,18)19/h2-10H,1H3. The predicted octanol–water partition coefficient (Wildman–Crippen LogP) is 3.36. The van der Waals surface area contributed by atoms with Crippen LogP contribution in [0.4, 0.5) is 13.2 Å². The van der Waals surface area contributed by atoms with Crippen molar-refractivity contribution in [3.05, 3.63) is 60.4 Å². The summed E-state index contributed by atoms with van der Waals surface area (Å²) in [6, 6.07) is 11.7. The Balaban J connectivity index is 2.24. The Hall–Kier alpha value is -2.68. The van der Waals surface area contributed by atoms with E-state index in [1.165, 1.54) is 18.3 Å². The number of sulfone groups is 1. The van der Waals surface area contributed by atoms with Crippen LogP contribution in [0.3, 0.4) is 0 Å². The van der Waals surface area contributed by atoms with Gasteiger partial charge in [-0.25, -0.2) is 18.1 Å². The molecule has 9 heteroatoms. The second-order valence-corrected chi connectivity index (χ2v) is 7.33. The maximum absolute atomic E-state index is 13.1. The van der Waals surface area contributed by atoms with Crippen LogP contribution in [0.5, 0.6) is 0 Å². The van der Waals surface area contributed by atoms with Crippen molar-refractivity contribution in [2.45, 2.75) is 11.1 Å². The van der Waals surface area contributed by atoms with Crippen molar-refractivity contribution >= 4 is 9.84 Å². The molecule has 2 heterocycles. The van der Waals surface area contributed by atoms with Gasteiger partial charge in [0.25, 0.3) is 0 Å². The zero-order chi connectivity index (χ0) is 18.2. The van der Waals surface area contributed by atoms with Gasteiger partial charge in [0.1, 0.15) is 0 Å². The second kappa shape index (κ2) is 5.99. The largest absolute Gasteiger partial charge is 0.435 e. The van der Waals surface area contributed by atoms with Crippen LogP contribution in [-0.2, 0) is 16.0 Å². The minimum atomic E-state index is -4.64. The maximum Gasteiger partial charge on any atom is 0.435 e. The number of halogens is 3. The molecule has 1 aromatic carbocycles. The molecular formula is C16H12F3N3O2S. The molecule has 5 nitrogen and oxygen atoms in total. The monoisotopic (exact) mass is 367 g/mol. The summed E-state index contributed by atoms with van der Waals surface area (Å²) in [7, 11) is -3.54. The highest BCUT2D eigenvalue weighted by atomic mass is 32.2. The molecule has 0 fully saturated rings. The molecule has 0 saturated carbocycles. The van der Waals surface area contributed by atoms with Gasteiger partial charge in [-0.05, 0) is 12.1 Å². The molecule has 0 spiro atoms. The molecule has 0 aliphatic carbocycles. The number of alkyl halides is 3. The topological polar surface area (TPSA) is 64.8 Å². The third kappa shape index (κ3) is 3.55. The van der Waals surface area contributed by atoms with E-state index in [1.54, 1.807) is 30.3 Å². The first-order chi connectivity index (χ1) is 11.7. The van der Waals surface area contributed by atoms with Gasteiger partial charge in [-0.3, -0.25) is 0 Å². The number of hydrogen-bond donors (Lipinski definition) is 0. The molecular weight excluding hydrogens is 355 g/mol. The number of aromatic nitrogens is 3. The van der Waals surface area contributed by atoms with Gasteiger partial charge in [0.15, 0.2) is 21.3 Å². The maximum atomic E-state index is 13.1. The SMILES string of the molecule is CS(=O)(=O)c1ccnc(-n2nc(C(F)(F)F)cc2-c2ccccc2)c1. The van der Waals surface area contributed by atoms with Gasteiger partial charge in [-0.1, -0.05) is 30.3 Å². The van der Waals surface area contributed by atoms with Crippen molar-refractivity contribution < 1.29 is 21.6 Å². The van der Waals surface area contributed by atoms with Crippen LogP contribution in [-0.4, -0.2) is 29.4 Å². The number of nitrogens with zero attached hydrogens (tertiary/aromatic N) is 3. The van der Waals surface area contributed by atoms with Crippen molar-refractivity contribution in [3.63, 3.8) is 0 Å². The summed E-state index contributed by atoms with van der Waals surface area (Å²) in [6.45, 7) is 0. The number of benzene rings is 1. The molecule has 2 aromatic heterocycles. The molecule has 0 aliphatic rings. The third-order valence-corrected chi connectivity index (χ3v) is 4.54. The highest BCUT2D eigenvalue weighted by Gasteiger charge is 2.35. The number of pyridine rings is 1. The Labute approximate surface area is 141 Å². The average Bonchev–Trinajstić information content (AvgIpc) is 3.00. The minimum absolute atomic E-state index is 0.0164. The van der Waals surface area contributed by atoms with E-state index >= 15 is 0 Å². The lowest BCUT2D eigenvalue weighted by molar-refractivity contribution is -0.141. The van der Waals surface area contributed by atoms with E-state index in [1.807, 2.05) is 0 Å². The molecule has 3 aromatic rings. The normalized spacial score (nSPS) is 12.3. The molecule has 0 unspecified atom stereocenters. The summed E-state index contributed by atoms with van der Waals surface area (Å²) in [4.78, 5) is 3.92. The van der Waals surface area contributed by atoms with Crippen LogP contribution in [0, 0.1) is 0 Å². The summed E-state index contributed by atoms with van der Waals surface area (Å²) >= 11 is 0. The lowest BCUT2D eigenvalue weighted by Gasteiger charge is -2.08. The molecule has 0 bridgehead atoms. The Morgan fingerprint density at radius 1 is 1.04 bits per heavy atom. The zero-order valence-electron chi connectivity index (χ0n) is 12.9. The van der Waals surface area contributed by atoms with Gasteiger partial charge < -0.3 is 0 Å². The van der Waals surface area contributed by atoms with Gasteiger partial charge in [0, 0.05) is 24.1 Å². The van der Waals surface area contributed by atoms with Gasteiger partial charge in [0.05, 0.1) is 10.6 Å². The fraction of sp³-hybridized carbons (Fsp3) is 0.125. The molecule has 0 amide bonds. The summed E-state index contributed by atoms with van der Waals surface area (Å²) in [5, 5.41) is 3.59. The zero-order valence-corrected chi connectivity index (χ0v) is 13.7. The fourth-order valence-electron chi connectivity index (χ4n) is 2.25. The quantitative estimate of drug-likeness (QED) is 0.712. The molecule has 3 rings (SSSR count). The molecule has 0 radical (unpaired) electrons. The molecule has 0 aliphatic heterocycles. The van der Waals surface area contributed by atoms with E-state index in [-0.39, 0.29) is 16.4 Å². The fourth-order valence-corrected chi connectivity index (χ4v) is 2.88. The average molecular weight is 367 g/mol. The molecule has 0 N–H and O–H groups in total. The Bertz CT molecular complexity index is 1010. The van der Waals surface area contributed by atoms with Crippen LogP contribution in [0.1, 0.15) is 5.69 Å². The predicted molar refractivity (Wildman–Crippen MR) is 84.9 cm³/mol. The summed E-state index contributed by atoms with van der Waals surface area (Å²) < 4.78 is 63.7. The van der Waals surface area contributed by atoms with Crippen molar-refractivity contribution in [1.82, 2.24) is 14.8 Å². The first kappa shape index (κ1) is 17.2. The Morgan fingerprint density at radius 3 is 2.32 bits per heavy atom. The highest BCUT2D eigenvalue weighted by Crippen LogP contribution is 2.33. The van der Waals surface area contributed by atoms with Gasteiger partial charge >= 0.3 is 6.18 Å². The Kier molecular flexibility index (Phi) is 4.11. The van der Waals surface area contributed by atoms with Gasteiger partial charge in [-0.2, -0.15) is 18.3 Å². The van der Waals surface area contributed by atoms with Crippen LogP contribution in [0.15, 0.2) is 59.6 Å². The van der Waals surface area contributed by atoms with Crippen molar-refractivity contribution in [1.29, 1.82) is 0 Å². The third-order valence-electron chi connectivity index (χ3n) is 3.43. The van der Waals surface area contributed by atoms with E-state index in [0.29, 0.717) is 5.56 Å². The first-order valence-electron chi connectivity index (χ1n) is 7.05. The van der Waals surface area contributed by atoms with Crippen molar-refractivity contribution in [3.8, 4) is 17.1 Å². The van der Waals surface area contributed by atoms with E-state index in [9.17, 15) is 21.6 Å². The molecule has 25 heavy (non-hydrogen) atoms. The van der Waals surface area contributed by atoms with E-state index in [0.717, 1.165) is 17.0 Å². The molecule has 0 saturated heterocycles. The van der Waals surface area contributed by atoms with Crippen LogP contribution < -0.4 is 0 Å². The number of hydrogen-bond acceptors (Lipinski definition) is 4. The van der Waals surface area contributed by atoms with E-state index < -0.39 is 21.7 Å². The lowest BCUT2D eigenvalue weighted by atomic mass is 10.1. The Morgan fingerprint density at radius 2 is 1.72 bits per heavy atom. The molecule has 130 valence electrons. The van der Waals surface area contributed by atoms with E-state index in [2.05, 4.69) is 10.1 Å². The number of rotatable bonds is 3. The van der Waals surface area contributed by atoms with Gasteiger partial charge in [0.2, 0.25) is 0 Å². The van der Waals surface area contributed by atoms with Gasteiger partial charge in [-0.15, -0.1) is 0 Å². The van der Waals surface area contributed by atoms with Crippen molar-refractivity contribution in [2.24, 2.45) is 0 Å². The summed E-state index contributed by atoms with van der Waals surface area (Å²) in [5.74, 6) is -0.0164. The minimum Gasteiger partial charge on any atom is -0.237 e. The van der Waals surface area contributed by atoms with Crippen LogP contribution >= 0.6 is 0 Å². The van der Waals surface area contributed by atoms with Crippen molar-refractivity contribution in [2.75, 3.05) is 6.26 Å². The highest BCUT2D eigenvalue weighted by molar-refractivity contribution is 7.90. The second-order valence-electron chi connectivity index (χ2n) is 5.31. The first-order valence-corrected chi connectivity index (χ1v) is 8.94. The molecule has 0 atom stereocenters. The van der Waals surface area contributed by atoms with Crippen LogP contribution in [0.2, 0.25) is 0 Å². The lowest BCUT2D eigenvalue weighted by Crippen LogP contribution is -2.09.